The first-order valence-corrected chi connectivity index (χ1v) is 7.85. The highest BCUT2D eigenvalue weighted by Gasteiger charge is 2.06. The molecule has 2 aromatic carbocycles. The van der Waals surface area contributed by atoms with Gasteiger partial charge in [0.15, 0.2) is 0 Å². The van der Waals surface area contributed by atoms with Gasteiger partial charge in [-0.05, 0) is 48.4 Å². The van der Waals surface area contributed by atoms with Crippen LogP contribution in [0.4, 0.5) is 4.39 Å². The van der Waals surface area contributed by atoms with Crippen LogP contribution in [0.5, 0.6) is 0 Å². The Labute approximate surface area is 124 Å². The van der Waals surface area contributed by atoms with Gasteiger partial charge in [-0.25, -0.2) is 4.39 Å². The number of nitrogens with one attached hydrogen (secondary N) is 1. The highest BCUT2D eigenvalue weighted by Crippen LogP contribution is 2.28. The Morgan fingerprint density at radius 3 is 2.65 bits per heavy atom. The number of hydrogen-bond donors (Lipinski definition) is 1. The van der Waals surface area contributed by atoms with Crippen LogP contribution in [-0.2, 0) is 12.3 Å². The summed E-state index contributed by atoms with van der Waals surface area (Å²) < 4.78 is 13.4. The molecule has 1 nitrogen and oxygen atoms in total. The Morgan fingerprint density at radius 2 is 1.90 bits per heavy atom. The second-order valence-electron chi connectivity index (χ2n) is 4.75. The molecule has 0 aliphatic carbocycles. The molecule has 0 unspecified atom stereocenters. The van der Waals surface area contributed by atoms with E-state index in [2.05, 4.69) is 43.4 Å². The molecule has 0 bridgehead atoms. The van der Waals surface area contributed by atoms with Gasteiger partial charge >= 0.3 is 0 Å². The zero-order valence-electron chi connectivity index (χ0n) is 11.9. The lowest BCUT2D eigenvalue weighted by Crippen LogP contribution is -2.12. The maximum atomic E-state index is 13.4. The van der Waals surface area contributed by atoms with Crippen LogP contribution >= 0.6 is 11.8 Å². The van der Waals surface area contributed by atoms with Crippen molar-refractivity contribution in [2.75, 3.05) is 6.54 Å². The highest BCUT2D eigenvalue weighted by atomic mass is 32.2. The topological polar surface area (TPSA) is 12.0 Å². The average molecular weight is 289 g/mol. The van der Waals surface area contributed by atoms with E-state index in [1.807, 2.05) is 6.07 Å². The molecule has 0 spiro atoms. The number of hydrogen-bond acceptors (Lipinski definition) is 2. The van der Waals surface area contributed by atoms with Crippen LogP contribution in [0.25, 0.3) is 0 Å². The summed E-state index contributed by atoms with van der Waals surface area (Å²) in [4.78, 5) is 1.15. The molecule has 0 saturated carbocycles. The smallest absolute Gasteiger partial charge is 0.123 e. The third-order valence-electron chi connectivity index (χ3n) is 3.23. The van der Waals surface area contributed by atoms with Gasteiger partial charge < -0.3 is 5.32 Å². The zero-order valence-corrected chi connectivity index (χ0v) is 12.8. The fraction of sp³-hybridized carbons (Fsp3) is 0.294. The molecule has 0 aliphatic rings. The maximum Gasteiger partial charge on any atom is 0.123 e. The fourth-order valence-corrected chi connectivity index (χ4v) is 3.13. The second kappa shape index (κ2) is 7.46. The zero-order chi connectivity index (χ0) is 14.4. The summed E-state index contributed by atoms with van der Waals surface area (Å²) in [6.45, 7) is 5.78. The van der Waals surface area contributed by atoms with Crippen molar-refractivity contribution in [1.29, 1.82) is 0 Å². The van der Waals surface area contributed by atoms with Gasteiger partial charge in [0, 0.05) is 17.2 Å². The van der Waals surface area contributed by atoms with E-state index < -0.39 is 0 Å². The lowest BCUT2D eigenvalue weighted by Gasteiger charge is -2.11. The summed E-state index contributed by atoms with van der Waals surface area (Å²) in [7, 11) is 0. The van der Waals surface area contributed by atoms with Gasteiger partial charge in [-0.1, -0.05) is 31.2 Å². The van der Waals surface area contributed by atoms with E-state index in [0.717, 1.165) is 22.8 Å². The van der Waals surface area contributed by atoms with Crippen molar-refractivity contribution >= 4 is 11.8 Å². The summed E-state index contributed by atoms with van der Waals surface area (Å²) >= 11 is 1.77. The molecular weight excluding hydrogens is 269 g/mol. The first-order chi connectivity index (χ1) is 9.70. The lowest BCUT2D eigenvalue weighted by atomic mass is 10.1. The van der Waals surface area contributed by atoms with E-state index >= 15 is 0 Å². The minimum absolute atomic E-state index is 0.168. The molecule has 0 aromatic heterocycles. The van der Waals surface area contributed by atoms with Crippen LogP contribution in [0.2, 0.25) is 0 Å². The van der Waals surface area contributed by atoms with E-state index in [-0.39, 0.29) is 5.82 Å². The lowest BCUT2D eigenvalue weighted by molar-refractivity contribution is 0.619. The van der Waals surface area contributed by atoms with Crippen molar-refractivity contribution in [2.24, 2.45) is 0 Å². The van der Waals surface area contributed by atoms with Crippen molar-refractivity contribution in [2.45, 2.75) is 31.0 Å². The predicted molar refractivity (Wildman–Crippen MR) is 84.5 cm³/mol. The third kappa shape index (κ3) is 4.09. The van der Waals surface area contributed by atoms with Crippen molar-refractivity contribution in [3.8, 4) is 0 Å². The SMILES string of the molecule is CCNCc1cc(F)ccc1SCc1ccccc1C. The summed E-state index contributed by atoms with van der Waals surface area (Å²) in [5, 5.41) is 3.26. The number of benzene rings is 2. The van der Waals surface area contributed by atoms with Gasteiger partial charge in [0.05, 0.1) is 0 Å². The number of thioether (sulfide) groups is 1. The summed E-state index contributed by atoms with van der Waals surface area (Å²) in [5.41, 5.74) is 3.66. The van der Waals surface area contributed by atoms with E-state index in [1.165, 1.54) is 17.2 Å². The number of aryl methyl sites for hydroxylation is 1. The standard InChI is InChI=1S/C17H20FNS/c1-3-19-11-15-10-16(18)8-9-17(15)20-12-14-7-5-4-6-13(14)2/h4-10,19H,3,11-12H2,1-2H3. The van der Waals surface area contributed by atoms with Crippen LogP contribution in [0.1, 0.15) is 23.6 Å². The normalized spacial score (nSPS) is 10.8. The molecule has 0 heterocycles. The Balaban J connectivity index is 2.10. The molecule has 0 radical (unpaired) electrons. The molecule has 1 N–H and O–H groups in total. The summed E-state index contributed by atoms with van der Waals surface area (Å²) in [5.74, 6) is 0.746. The van der Waals surface area contributed by atoms with Crippen LogP contribution in [-0.4, -0.2) is 6.54 Å². The van der Waals surface area contributed by atoms with Crippen LogP contribution in [0.3, 0.4) is 0 Å². The Morgan fingerprint density at radius 1 is 1.10 bits per heavy atom. The van der Waals surface area contributed by atoms with Gasteiger partial charge in [-0.3, -0.25) is 0 Å². The van der Waals surface area contributed by atoms with Crippen molar-refractivity contribution < 1.29 is 4.39 Å². The Hall–Kier alpha value is -1.32. The van der Waals surface area contributed by atoms with Crippen molar-refractivity contribution in [1.82, 2.24) is 5.32 Å². The number of rotatable bonds is 6. The van der Waals surface area contributed by atoms with E-state index in [0.29, 0.717) is 6.54 Å². The van der Waals surface area contributed by atoms with Gasteiger partial charge in [0.1, 0.15) is 5.82 Å². The molecule has 2 rings (SSSR count). The minimum atomic E-state index is -0.168. The van der Waals surface area contributed by atoms with Gasteiger partial charge in [-0.15, -0.1) is 11.8 Å². The molecular formula is C17H20FNS. The molecule has 2 aromatic rings. The molecule has 0 aliphatic heterocycles. The van der Waals surface area contributed by atoms with Gasteiger partial charge in [0.25, 0.3) is 0 Å². The molecule has 0 amide bonds. The van der Waals surface area contributed by atoms with Crippen molar-refractivity contribution in [3.63, 3.8) is 0 Å². The molecule has 3 heteroatoms. The first kappa shape index (κ1) is 15.1. The summed E-state index contributed by atoms with van der Waals surface area (Å²) in [6, 6.07) is 13.4. The first-order valence-electron chi connectivity index (χ1n) is 6.87. The maximum absolute atomic E-state index is 13.4. The van der Waals surface area contributed by atoms with E-state index in [9.17, 15) is 4.39 Å². The third-order valence-corrected chi connectivity index (χ3v) is 4.40. The quantitative estimate of drug-likeness (QED) is 0.784. The molecule has 106 valence electrons. The highest BCUT2D eigenvalue weighted by molar-refractivity contribution is 7.98. The second-order valence-corrected chi connectivity index (χ2v) is 5.76. The molecule has 0 fully saturated rings. The van der Waals surface area contributed by atoms with E-state index in [1.54, 1.807) is 17.8 Å². The predicted octanol–water partition coefficient (Wildman–Crippen LogP) is 4.54. The summed E-state index contributed by atoms with van der Waals surface area (Å²) in [6.07, 6.45) is 0. The van der Waals surface area contributed by atoms with Crippen molar-refractivity contribution in [3.05, 3.63) is 65.0 Å². The minimum Gasteiger partial charge on any atom is -0.313 e. The van der Waals surface area contributed by atoms with Gasteiger partial charge in [-0.2, -0.15) is 0 Å². The Bertz CT molecular complexity index is 569. The fourth-order valence-electron chi connectivity index (χ4n) is 2.01. The Kier molecular flexibility index (Phi) is 5.62. The van der Waals surface area contributed by atoms with Crippen LogP contribution in [0.15, 0.2) is 47.4 Å². The van der Waals surface area contributed by atoms with Crippen LogP contribution < -0.4 is 5.32 Å². The molecule has 0 saturated heterocycles. The number of halogens is 1. The average Bonchev–Trinajstić information content (AvgIpc) is 2.45. The largest absolute Gasteiger partial charge is 0.313 e. The monoisotopic (exact) mass is 289 g/mol. The van der Waals surface area contributed by atoms with Crippen LogP contribution in [0, 0.1) is 12.7 Å². The van der Waals surface area contributed by atoms with Gasteiger partial charge in [0.2, 0.25) is 0 Å². The van der Waals surface area contributed by atoms with E-state index in [4.69, 9.17) is 0 Å². The molecule has 20 heavy (non-hydrogen) atoms. The molecule has 0 atom stereocenters.